The van der Waals surface area contributed by atoms with E-state index >= 15 is 0 Å². The number of ether oxygens (including phenoxy) is 1. The van der Waals surface area contributed by atoms with Gasteiger partial charge in [0.05, 0.1) is 5.38 Å². The monoisotopic (exact) mass is 286 g/mol. The summed E-state index contributed by atoms with van der Waals surface area (Å²) < 4.78 is 40.3. The van der Waals surface area contributed by atoms with E-state index in [2.05, 4.69) is 4.74 Å². The highest BCUT2D eigenvalue weighted by Crippen LogP contribution is 2.32. The lowest BCUT2D eigenvalue weighted by molar-refractivity contribution is -0.274. The Morgan fingerprint density at radius 3 is 2.16 bits per heavy atom. The van der Waals surface area contributed by atoms with Gasteiger partial charge in [-0.1, -0.05) is 42.5 Å². The van der Waals surface area contributed by atoms with Crippen LogP contribution in [0.15, 0.2) is 54.6 Å². The average Bonchev–Trinajstić information content (AvgIpc) is 2.37. The molecule has 0 aromatic heterocycles. The van der Waals surface area contributed by atoms with Gasteiger partial charge in [-0.25, -0.2) is 0 Å². The summed E-state index contributed by atoms with van der Waals surface area (Å²) in [6.07, 6.45) is -4.70. The molecule has 100 valence electrons. The van der Waals surface area contributed by atoms with Crippen molar-refractivity contribution in [3.63, 3.8) is 0 Å². The molecule has 1 nitrogen and oxygen atoms in total. The molecule has 0 N–H and O–H groups in total. The summed E-state index contributed by atoms with van der Waals surface area (Å²) >= 11 is 6.24. The molecule has 0 heterocycles. The molecule has 0 aliphatic heterocycles. The highest BCUT2D eigenvalue weighted by Gasteiger charge is 2.31. The molecule has 19 heavy (non-hydrogen) atoms. The average molecular weight is 287 g/mol. The summed E-state index contributed by atoms with van der Waals surface area (Å²) in [6.45, 7) is 0. The molecule has 2 aromatic carbocycles. The fourth-order valence-electron chi connectivity index (χ4n) is 1.68. The minimum absolute atomic E-state index is 0.272. The van der Waals surface area contributed by atoms with Crippen LogP contribution < -0.4 is 4.74 Å². The molecule has 0 saturated heterocycles. The van der Waals surface area contributed by atoms with Gasteiger partial charge in [0.1, 0.15) is 5.75 Å². The molecular formula is C14H10ClF3O. The first-order valence-electron chi connectivity index (χ1n) is 5.50. The lowest BCUT2D eigenvalue weighted by atomic mass is 10.0. The summed E-state index contributed by atoms with van der Waals surface area (Å²) in [4.78, 5) is 0. The van der Waals surface area contributed by atoms with Crippen molar-refractivity contribution in [1.82, 2.24) is 0 Å². The maximum Gasteiger partial charge on any atom is 0.573 e. The minimum Gasteiger partial charge on any atom is -0.406 e. The molecule has 2 aromatic rings. The maximum atomic E-state index is 12.1. The highest BCUT2D eigenvalue weighted by atomic mass is 35.5. The van der Waals surface area contributed by atoms with Crippen molar-refractivity contribution in [3.05, 3.63) is 65.7 Å². The third-order valence-electron chi connectivity index (χ3n) is 2.48. The zero-order chi connectivity index (χ0) is 13.9. The largest absolute Gasteiger partial charge is 0.573 e. The Hall–Kier alpha value is -1.68. The van der Waals surface area contributed by atoms with Gasteiger partial charge in [-0.05, 0) is 23.3 Å². The summed E-state index contributed by atoms with van der Waals surface area (Å²) in [5.41, 5.74) is 1.36. The van der Waals surface area contributed by atoms with Gasteiger partial charge < -0.3 is 4.74 Å². The van der Waals surface area contributed by atoms with E-state index in [1.165, 1.54) is 18.2 Å². The summed E-state index contributed by atoms with van der Waals surface area (Å²) in [5.74, 6) is -0.272. The normalized spacial score (nSPS) is 13.1. The number of alkyl halides is 4. The second kappa shape index (κ2) is 5.53. The second-order valence-corrected chi connectivity index (χ2v) is 4.33. The molecule has 0 bridgehead atoms. The Labute approximate surface area is 113 Å². The third kappa shape index (κ3) is 3.89. The minimum atomic E-state index is -4.70. The van der Waals surface area contributed by atoms with E-state index in [1.807, 2.05) is 30.3 Å². The van der Waals surface area contributed by atoms with Crippen molar-refractivity contribution < 1.29 is 17.9 Å². The number of halogens is 4. The van der Waals surface area contributed by atoms with Gasteiger partial charge in [-0.15, -0.1) is 24.8 Å². The highest BCUT2D eigenvalue weighted by molar-refractivity contribution is 6.22. The van der Waals surface area contributed by atoms with Crippen LogP contribution in [0, 0.1) is 0 Å². The van der Waals surface area contributed by atoms with Crippen LogP contribution in [0.25, 0.3) is 0 Å². The van der Waals surface area contributed by atoms with Crippen molar-refractivity contribution in [2.24, 2.45) is 0 Å². The van der Waals surface area contributed by atoms with E-state index in [-0.39, 0.29) is 5.75 Å². The first kappa shape index (κ1) is 13.7. The standard InChI is InChI=1S/C14H10ClF3O/c15-13(10-5-2-1-3-6-10)11-7-4-8-12(9-11)19-14(16,17)18/h1-9,13H. The Kier molecular flexibility index (Phi) is 4.00. The molecule has 0 aliphatic carbocycles. The molecule has 0 aliphatic rings. The van der Waals surface area contributed by atoms with E-state index in [0.717, 1.165) is 5.56 Å². The third-order valence-corrected chi connectivity index (χ3v) is 2.98. The van der Waals surface area contributed by atoms with E-state index in [4.69, 9.17) is 11.6 Å². The van der Waals surface area contributed by atoms with Crippen molar-refractivity contribution in [3.8, 4) is 5.75 Å². The smallest absolute Gasteiger partial charge is 0.406 e. The molecule has 0 amide bonds. The van der Waals surface area contributed by atoms with Crippen LogP contribution >= 0.6 is 11.6 Å². The van der Waals surface area contributed by atoms with Gasteiger partial charge in [-0.3, -0.25) is 0 Å². The lowest BCUT2D eigenvalue weighted by Crippen LogP contribution is -2.17. The summed E-state index contributed by atoms with van der Waals surface area (Å²) in [5, 5.41) is -0.516. The summed E-state index contributed by atoms with van der Waals surface area (Å²) in [7, 11) is 0. The van der Waals surface area contributed by atoms with Gasteiger partial charge in [0, 0.05) is 0 Å². The Morgan fingerprint density at radius 2 is 1.53 bits per heavy atom. The number of benzene rings is 2. The lowest BCUT2D eigenvalue weighted by Gasteiger charge is -2.13. The first-order chi connectivity index (χ1) is 8.96. The quantitative estimate of drug-likeness (QED) is 0.728. The maximum absolute atomic E-state index is 12.1. The molecule has 0 spiro atoms. The predicted octanol–water partition coefficient (Wildman–Crippen LogP) is 4.91. The zero-order valence-corrected chi connectivity index (χ0v) is 10.4. The molecule has 0 radical (unpaired) electrons. The summed E-state index contributed by atoms with van der Waals surface area (Å²) in [6, 6.07) is 14.8. The molecule has 0 saturated carbocycles. The molecule has 1 unspecified atom stereocenters. The van der Waals surface area contributed by atoms with Gasteiger partial charge in [0.15, 0.2) is 0 Å². The Balaban J connectivity index is 2.24. The topological polar surface area (TPSA) is 9.23 Å². The van der Waals surface area contributed by atoms with Crippen LogP contribution in [-0.2, 0) is 0 Å². The fourth-order valence-corrected chi connectivity index (χ4v) is 1.96. The van der Waals surface area contributed by atoms with Crippen molar-refractivity contribution in [2.75, 3.05) is 0 Å². The van der Waals surface area contributed by atoms with Crippen molar-refractivity contribution in [1.29, 1.82) is 0 Å². The van der Waals surface area contributed by atoms with Gasteiger partial charge in [0.25, 0.3) is 0 Å². The molecule has 0 fully saturated rings. The van der Waals surface area contributed by atoms with Gasteiger partial charge >= 0.3 is 6.36 Å². The van der Waals surface area contributed by atoms with Gasteiger partial charge in [-0.2, -0.15) is 0 Å². The number of hydrogen-bond acceptors (Lipinski definition) is 1. The SMILES string of the molecule is FC(F)(F)Oc1cccc(C(Cl)c2ccccc2)c1. The van der Waals surface area contributed by atoms with Gasteiger partial charge in [0.2, 0.25) is 0 Å². The van der Waals surface area contributed by atoms with Crippen LogP contribution in [0.3, 0.4) is 0 Å². The Bertz CT molecular complexity index is 540. The van der Waals surface area contributed by atoms with E-state index in [9.17, 15) is 13.2 Å². The Morgan fingerprint density at radius 1 is 0.895 bits per heavy atom. The van der Waals surface area contributed by atoms with Crippen LogP contribution in [0.2, 0.25) is 0 Å². The van der Waals surface area contributed by atoms with Crippen LogP contribution in [0.5, 0.6) is 5.75 Å². The molecule has 5 heteroatoms. The zero-order valence-electron chi connectivity index (χ0n) is 9.69. The number of hydrogen-bond donors (Lipinski definition) is 0. The molecule has 1 atom stereocenters. The van der Waals surface area contributed by atoms with Crippen molar-refractivity contribution >= 4 is 11.6 Å². The first-order valence-corrected chi connectivity index (χ1v) is 5.94. The predicted molar refractivity (Wildman–Crippen MR) is 67.3 cm³/mol. The van der Waals surface area contributed by atoms with E-state index < -0.39 is 11.7 Å². The second-order valence-electron chi connectivity index (χ2n) is 3.89. The van der Waals surface area contributed by atoms with Crippen LogP contribution in [0.1, 0.15) is 16.5 Å². The van der Waals surface area contributed by atoms with E-state index in [0.29, 0.717) is 5.56 Å². The van der Waals surface area contributed by atoms with Crippen molar-refractivity contribution in [2.45, 2.75) is 11.7 Å². The number of rotatable bonds is 3. The fraction of sp³-hybridized carbons (Fsp3) is 0.143. The van der Waals surface area contributed by atoms with Crippen LogP contribution in [0.4, 0.5) is 13.2 Å². The molecular weight excluding hydrogens is 277 g/mol. The van der Waals surface area contributed by atoms with E-state index in [1.54, 1.807) is 6.07 Å². The van der Waals surface area contributed by atoms with Crippen LogP contribution in [-0.4, -0.2) is 6.36 Å². The molecule has 2 rings (SSSR count).